The van der Waals surface area contributed by atoms with Gasteiger partial charge in [-0.25, -0.2) is 4.79 Å². The summed E-state index contributed by atoms with van der Waals surface area (Å²) < 4.78 is 11.0. The number of nitrogens with zero attached hydrogens (tertiary/aromatic N) is 1. The maximum Gasteiger partial charge on any atom is 0.343 e. The van der Waals surface area contributed by atoms with Gasteiger partial charge in [0.15, 0.2) is 11.5 Å². The van der Waals surface area contributed by atoms with Gasteiger partial charge in [0.25, 0.3) is 5.91 Å². The highest BCUT2D eigenvalue weighted by atomic mass is 16.6. The lowest BCUT2D eigenvalue weighted by Crippen LogP contribution is -2.22. The molecule has 0 spiro atoms. The second-order valence-electron chi connectivity index (χ2n) is 6.89. The molecule has 0 aliphatic rings. The molecule has 3 rings (SSSR count). The number of carbonyl (C=O) groups excluding carboxylic acids is 3. The van der Waals surface area contributed by atoms with E-state index in [0.29, 0.717) is 17.7 Å². The average Bonchev–Trinajstić information content (AvgIpc) is 2.84. The van der Waals surface area contributed by atoms with E-state index in [1.807, 2.05) is 6.07 Å². The second kappa shape index (κ2) is 11.1. The third-order valence-corrected chi connectivity index (χ3v) is 4.51. The Morgan fingerprint density at radius 3 is 2.38 bits per heavy atom. The monoisotopic (exact) mass is 455 g/mol. The number of carbonyl (C=O) groups is 3. The van der Waals surface area contributed by atoms with E-state index in [2.05, 4.69) is 5.32 Å². The molecule has 1 N–H and O–H groups in total. The van der Waals surface area contributed by atoms with Crippen LogP contribution in [0, 0.1) is 11.3 Å². The van der Waals surface area contributed by atoms with Crippen LogP contribution in [0.5, 0.6) is 11.5 Å². The summed E-state index contributed by atoms with van der Waals surface area (Å²) in [6, 6.07) is 20.4. The van der Waals surface area contributed by atoms with E-state index < -0.39 is 17.8 Å². The first-order chi connectivity index (χ1) is 16.4. The Bertz CT molecular complexity index is 1290. The van der Waals surface area contributed by atoms with E-state index in [1.54, 1.807) is 49.4 Å². The van der Waals surface area contributed by atoms with Crippen molar-refractivity contribution in [2.24, 2.45) is 0 Å². The van der Waals surface area contributed by atoms with Crippen LogP contribution in [-0.2, 0) is 4.79 Å². The number of rotatable bonds is 8. The quantitative estimate of drug-likeness (QED) is 0.239. The molecule has 0 heterocycles. The van der Waals surface area contributed by atoms with E-state index in [-0.39, 0.29) is 28.3 Å². The predicted molar refractivity (Wildman–Crippen MR) is 122 cm³/mol. The number of hydrogen-bond acceptors (Lipinski definition) is 7. The molecule has 3 aromatic carbocycles. The van der Waals surface area contributed by atoms with E-state index in [9.17, 15) is 24.8 Å². The van der Waals surface area contributed by atoms with Gasteiger partial charge in [-0.15, -0.1) is 0 Å². The van der Waals surface area contributed by atoms with Crippen molar-refractivity contribution in [2.75, 3.05) is 11.9 Å². The topological polar surface area (TPSA) is 129 Å². The third kappa shape index (κ3) is 6.08. The summed E-state index contributed by atoms with van der Waals surface area (Å²) in [5.41, 5.74) is 0.696. The molecule has 0 aromatic heterocycles. The maximum absolute atomic E-state index is 12.5. The van der Waals surface area contributed by atoms with Crippen LogP contribution in [-0.4, -0.2) is 24.5 Å². The number of carboxylic acid groups (broad SMARTS) is 1. The molecular weight excluding hydrogens is 436 g/mol. The van der Waals surface area contributed by atoms with Gasteiger partial charge >= 0.3 is 5.97 Å². The van der Waals surface area contributed by atoms with Crippen molar-refractivity contribution < 1.29 is 29.0 Å². The van der Waals surface area contributed by atoms with Crippen molar-refractivity contribution >= 4 is 29.6 Å². The van der Waals surface area contributed by atoms with E-state index in [0.717, 1.165) is 0 Å². The molecule has 34 heavy (non-hydrogen) atoms. The Labute approximate surface area is 195 Å². The van der Waals surface area contributed by atoms with Gasteiger partial charge in [-0.1, -0.05) is 36.4 Å². The molecule has 0 fully saturated rings. The number of anilines is 1. The smallest absolute Gasteiger partial charge is 0.343 e. The fraction of sp³-hybridized carbons (Fsp3) is 0.0769. The van der Waals surface area contributed by atoms with Crippen molar-refractivity contribution in [1.29, 1.82) is 5.26 Å². The number of carboxylic acids is 1. The van der Waals surface area contributed by atoms with Gasteiger partial charge < -0.3 is 24.7 Å². The van der Waals surface area contributed by atoms with Crippen LogP contribution in [0.25, 0.3) is 6.08 Å². The van der Waals surface area contributed by atoms with Gasteiger partial charge in [0.2, 0.25) is 0 Å². The lowest BCUT2D eigenvalue weighted by atomic mass is 10.1. The first kappa shape index (κ1) is 23.8. The average molecular weight is 455 g/mol. The highest BCUT2D eigenvalue weighted by molar-refractivity contribution is 6.10. The Kier molecular flexibility index (Phi) is 7.76. The second-order valence-corrected chi connectivity index (χ2v) is 6.89. The van der Waals surface area contributed by atoms with Gasteiger partial charge in [-0.2, -0.15) is 5.26 Å². The van der Waals surface area contributed by atoms with Gasteiger partial charge in [0.05, 0.1) is 18.1 Å². The van der Waals surface area contributed by atoms with Gasteiger partial charge in [-0.05, 0) is 60.5 Å². The standard InChI is InChI=1S/C26H20N2O6/c1-2-33-23-14-17(11-12-22(23)34-26(32)18-7-4-3-5-8-18)13-20(16-27)24(29)28-21-10-6-9-19(15-21)25(30)31/h3-15H,2H2,1H3,(H,28,29)(H,30,31)/p-1/b20-13+. The predicted octanol–water partition coefficient (Wildman–Crippen LogP) is 3.21. The molecule has 0 atom stereocenters. The Morgan fingerprint density at radius 2 is 1.71 bits per heavy atom. The molecule has 1 amide bonds. The van der Waals surface area contributed by atoms with Crippen molar-refractivity contribution in [3.8, 4) is 17.6 Å². The van der Waals surface area contributed by atoms with E-state index in [1.165, 1.54) is 36.4 Å². The zero-order valence-corrected chi connectivity index (χ0v) is 18.1. The molecule has 3 aromatic rings. The van der Waals surface area contributed by atoms with Crippen molar-refractivity contribution in [2.45, 2.75) is 6.92 Å². The Hall–Kier alpha value is -4.90. The molecular formula is C26H19N2O6-. The summed E-state index contributed by atoms with van der Waals surface area (Å²) in [6.45, 7) is 2.06. The zero-order chi connectivity index (χ0) is 24.5. The zero-order valence-electron chi connectivity index (χ0n) is 18.1. The van der Waals surface area contributed by atoms with Crippen molar-refractivity contribution in [3.63, 3.8) is 0 Å². The number of esters is 1. The number of ether oxygens (including phenoxy) is 2. The van der Waals surface area contributed by atoms with Crippen LogP contribution in [0.4, 0.5) is 5.69 Å². The largest absolute Gasteiger partial charge is 0.545 e. The van der Waals surface area contributed by atoms with E-state index in [4.69, 9.17) is 9.47 Å². The summed E-state index contributed by atoms with van der Waals surface area (Å²) in [4.78, 5) is 35.9. The minimum absolute atomic E-state index is 0.109. The van der Waals surface area contributed by atoms with Crippen LogP contribution in [0.15, 0.2) is 78.4 Å². The van der Waals surface area contributed by atoms with Gasteiger partial charge in [0.1, 0.15) is 11.6 Å². The fourth-order valence-electron chi connectivity index (χ4n) is 2.94. The number of benzene rings is 3. The lowest BCUT2D eigenvalue weighted by molar-refractivity contribution is -0.255. The highest BCUT2D eigenvalue weighted by Gasteiger charge is 2.15. The van der Waals surface area contributed by atoms with Crippen LogP contribution >= 0.6 is 0 Å². The lowest BCUT2D eigenvalue weighted by Gasteiger charge is -2.12. The summed E-state index contributed by atoms with van der Waals surface area (Å²) in [6.07, 6.45) is 1.34. The minimum Gasteiger partial charge on any atom is -0.545 e. The number of hydrogen-bond donors (Lipinski definition) is 1. The fourth-order valence-corrected chi connectivity index (χ4v) is 2.94. The van der Waals surface area contributed by atoms with Crippen LogP contribution in [0.3, 0.4) is 0 Å². The van der Waals surface area contributed by atoms with Crippen LogP contribution in [0.1, 0.15) is 33.2 Å². The van der Waals surface area contributed by atoms with Crippen LogP contribution < -0.4 is 19.9 Å². The van der Waals surface area contributed by atoms with Gasteiger partial charge in [0, 0.05) is 5.69 Å². The molecule has 0 aliphatic carbocycles. The van der Waals surface area contributed by atoms with Gasteiger partial charge in [-0.3, -0.25) is 4.79 Å². The molecule has 8 nitrogen and oxygen atoms in total. The summed E-state index contributed by atoms with van der Waals surface area (Å²) in [7, 11) is 0. The molecule has 0 saturated heterocycles. The molecule has 8 heteroatoms. The summed E-state index contributed by atoms with van der Waals surface area (Å²) in [5, 5.41) is 22.9. The first-order valence-corrected chi connectivity index (χ1v) is 10.2. The summed E-state index contributed by atoms with van der Waals surface area (Å²) >= 11 is 0. The third-order valence-electron chi connectivity index (χ3n) is 4.51. The van der Waals surface area contributed by atoms with Crippen molar-refractivity contribution in [3.05, 3.63) is 95.1 Å². The van der Waals surface area contributed by atoms with E-state index >= 15 is 0 Å². The normalized spacial score (nSPS) is 10.6. The SMILES string of the molecule is CCOc1cc(/C=C(\C#N)C(=O)Nc2cccc(C(=O)[O-])c2)ccc1OC(=O)c1ccccc1. The molecule has 170 valence electrons. The molecule has 0 saturated carbocycles. The summed E-state index contributed by atoms with van der Waals surface area (Å²) in [5.74, 6) is -2.21. The highest BCUT2D eigenvalue weighted by Crippen LogP contribution is 2.30. The van der Waals surface area contributed by atoms with Crippen LogP contribution in [0.2, 0.25) is 0 Å². The number of amides is 1. The molecule has 0 unspecified atom stereocenters. The first-order valence-electron chi connectivity index (χ1n) is 10.2. The van der Waals surface area contributed by atoms with Crippen molar-refractivity contribution in [1.82, 2.24) is 0 Å². The molecule has 0 aliphatic heterocycles. The minimum atomic E-state index is -1.39. The molecule has 0 radical (unpaired) electrons. The number of nitriles is 1. The number of aromatic carboxylic acids is 1. The maximum atomic E-state index is 12.5. The Morgan fingerprint density at radius 1 is 0.971 bits per heavy atom. The Balaban J connectivity index is 1.82. The number of nitrogens with one attached hydrogen (secondary N) is 1. The molecule has 0 bridgehead atoms.